The Morgan fingerprint density at radius 1 is 1.22 bits per heavy atom. The van der Waals surface area contributed by atoms with Crippen LogP contribution in [-0.2, 0) is 22.6 Å². The molecule has 1 aliphatic rings. The summed E-state index contributed by atoms with van der Waals surface area (Å²) in [4.78, 5) is 25.0. The third-order valence-electron chi connectivity index (χ3n) is 4.26. The Morgan fingerprint density at radius 3 is 2.52 bits per heavy atom. The maximum Gasteiger partial charge on any atom is 0.329 e. The number of hydrogen-bond acceptors (Lipinski definition) is 3. The Morgan fingerprint density at radius 2 is 1.87 bits per heavy atom. The molecule has 1 aromatic heterocycles. The van der Waals surface area contributed by atoms with Crippen molar-refractivity contribution in [2.45, 2.75) is 45.3 Å². The van der Waals surface area contributed by atoms with Gasteiger partial charge in [0, 0.05) is 25.8 Å². The zero-order valence-corrected chi connectivity index (χ0v) is 13.5. The molecule has 0 bridgehead atoms. The lowest BCUT2D eigenvalue weighted by Gasteiger charge is -2.23. The molecule has 1 fully saturated rings. The first-order valence-electron chi connectivity index (χ1n) is 8.26. The highest BCUT2D eigenvalue weighted by Crippen LogP contribution is 2.13. The predicted molar refractivity (Wildman–Crippen MR) is 88.5 cm³/mol. The smallest absolute Gasteiger partial charge is 0.329 e. The zero-order chi connectivity index (χ0) is 16.2. The Bertz CT molecular complexity index is 741. The van der Waals surface area contributed by atoms with Crippen LogP contribution in [-0.4, -0.2) is 34.3 Å². The molecule has 1 N–H and O–H groups in total. The van der Waals surface area contributed by atoms with E-state index in [2.05, 4.69) is 5.32 Å². The fraction of sp³-hybridized carbons (Fsp3) is 0.529. The Labute approximate surface area is 135 Å². The van der Waals surface area contributed by atoms with Gasteiger partial charge in [0.25, 0.3) is 0 Å². The van der Waals surface area contributed by atoms with Crippen molar-refractivity contribution in [2.24, 2.45) is 0 Å². The van der Waals surface area contributed by atoms with E-state index < -0.39 is 0 Å². The molecule has 124 valence electrons. The van der Waals surface area contributed by atoms with Gasteiger partial charge < -0.3 is 10.1 Å². The Kier molecular flexibility index (Phi) is 4.81. The average molecular weight is 317 g/mol. The van der Waals surface area contributed by atoms with E-state index in [1.165, 1.54) is 0 Å². The number of nitrogens with zero attached hydrogens (tertiary/aromatic N) is 2. The summed E-state index contributed by atoms with van der Waals surface area (Å²) >= 11 is 0. The first-order chi connectivity index (χ1) is 11.2. The lowest BCUT2D eigenvalue weighted by Crippen LogP contribution is -2.41. The van der Waals surface area contributed by atoms with Crippen LogP contribution < -0.4 is 11.0 Å². The van der Waals surface area contributed by atoms with E-state index in [1.807, 2.05) is 31.2 Å². The summed E-state index contributed by atoms with van der Waals surface area (Å²) in [5.74, 6) is -0.113. The molecule has 1 saturated heterocycles. The van der Waals surface area contributed by atoms with Crippen molar-refractivity contribution in [2.75, 3.05) is 13.2 Å². The number of rotatable bonds is 5. The van der Waals surface area contributed by atoms with Gasteiger partial charge in [-0.25, -0.2) is 4.79 Å². The molecule has 3 rings (SSSR count). The number of nitrogens with one attached hydrogen (secondary N) is 1. The summed E-state index contributed by atoms with van der Waals surface area (Å²) < 4.78 is 8.61. The van der Waals surface area contributed by atoms with Crippen LogP contribution in [0.1, 0.15) is 26.2 Å². The van der Waals surface area contributed by atoms with E-state index in [9.17, 15) is 9.59 Å². The second kappa shape index (κ2) is 7.00. The number of aryl methyl sites for hydroxylation is 1. The van der Waals surface area contributed by atoms with Gasteiger partial charge in [-0.3, -0.25) is 13.9 Å². The monoisotopic (exact) mass is 317 g/mol. The lowest BCUT2D eigenvalue weighted by atomic mass is 10.1. The van der Waals surface area contributed by atoms with Gasteiger partial charge in [-0.1, -0.05) is 19.1 Å². The largest absolute Gasteiger partial charge is 0.381 e. The normalized spacial score (nSPS) is 15.9. The highest BCUT2D eigenvalue weighted by atomic mass is 16.5. The van der Waals surface area contributed by atoms with Crippen LogP contribution in [0.5, 0.6) is 0 Å². The van der Waals surface area contributed by atoms with E-state index in [0.717, 1.165) is 30.3 Å². The van der Waals surface area contributed by atoms with E-state index >= 15 is 0 Å². The molecule has 0 aliphatic carbocycles. The van der Waals surface area contributed by atoms with Gasteiger partial charge in [-0.05, 0) is 31.4 Å². The molecule has 1 aromatic carbocycles. The van der Waals surface area contributed by atoms with Gasteiger partial charge in [0.1, 0.15) is 6.54 Å². The van der Waals surface area contributed by atoms with Crippen molar-refractivity contribution in [3.63, 3.8) is 0 Å². The van der Waals surface area contributed by atoms with Crippen LogP contribution >= 0.6 is 0 Å². The number of fused-ring (bicyclic) bond motifs is 1. The number of hydrogen-bond donors (Lipinski definition) is 1. The number of carbonyl (C=O) groups is 1. The molecule has 2 aromatic rings. The van der Waals surface area contributed by atoms with Crippen LogP contribution in [0.2, 0.25) is 0 Å². The third-order valence-corrected chi connectivity index (χ3v) is 4.26. The quantitative estimate of drug-likeness (QED) is 0.909. The Hall–Kier alpha value is -2.08. The van der Waals surface area contributed by atoms with Crippen LogP contribution in [0.25, 0.3) is 11.0 Å². The number of carbonyl (C=O) groups excluding carboxylic acids is 1. The lowest BCUT2D eigenvalue weighted by molar-refractivity contribution is -0.122. The molecule has 0 spiro atoms. The zero-order valence-electron chi connectivity index (χ0n) is 13.5. The summed E-state index contributed by atoms with van der Waals surface area (Å²) in [6.07, 6.45) is 2.54. The van der Waals surface area contributed by atoms with Gasteiger partial charge >= 0.3 is 5.69 Å². The second-order valence-corrected chi connectivity index (χ2v) is 5.96. The number of benzene rings is 1. The Balaban J connectivity index is 1.83. The fourth-order valence-corrected chi connectivity index (χ4v) is 3.12. The molecular formula is C17H23N3O3. The highest BCUT2D eigenvalue weighted by molar-refractivity contribution is 5.81. The molecule has 23 heavy (non-hydrogen) atoms. The molecule has 0 unspecified atom stereocenters. The topological polar surface area (TPSA) is 65.3 Å². The SMILES string of the molecule is CCCn1c(=O)n(CC(=O)NC2CCOCC2)c2ccccc21. The third kappa shape index (κ3) is 3.32. The average Bonchev–Trinajstić information content (AvgIpc) is 2.82. The number of amides is 1. The van der Waals surface area contributed by atoms with Gasteiger partial charge in [0.15, 0.2) is 0 Å². The van der Waals surface area contributed by atoms with E-state index in [-0.39, 0.29) is 24.2 Å². The minimum absolute atomic E-state index is 0.0629. The minimum Gasteiger partial charge on any atom is -0.381 e. The highest BCUT2D eigenvalue weighted by Gasteiger charge is 2.19. The van der Waals surface area contributed by atoms with Crippen LogP contribution in [0.15, 0.2) is 29.1 Å². The number of imidazole rings is 1. The number of aromatic nitrogens is 2. The van der Waals surface area contributed by atoms with Gasteiger partial charge in [0.2, 0.25) is 5.91 Å². The standard InChI is InChI=1S/C17H23N3O3/c1-2-9-19-14-5-3-4-6-15(14)20(17(19)22)12-16(21)18-13-7-10-23-11-8-13/h3-6,13H,2,7-12H2,1H3,(H,18,21). The minimum atomic E-state index is -0.116. The number of ether oxygens (including phenoxy) is 1. The molecule has 1 aliphatic heterocycles. The van der Waals surface area contributed by atoms with Crippen molar-refractivity contribution in [3.05, 3.63) is 34.7 Å². The van der Waals surface area contributed by atoms with Crippen molar-refractivity contribution in [3.8, 4) is 0 Å². The first-order valence-corrected chi connectivity index (χ1v) is 8.26. The van der Waals surface area contributed by atoms with Crippen LogP contribution in [0, 0.1) is 0 Å². The van der Waals surface area contributed by atoms with Gasteiger partial charge in [-0.2, -0.15) is 0 Å². The maximum atomic E-state index is 12.6. The molecule has 2 heterocycles. The van der Waals surface area contributed by atoms with E-state index in [1.54, 1.807) is 9.13 Å². The predicted octanol–water partition coefficient (Wildman–Crippen LogP) is 1.51. The summed E-state index contributed by atoms with van der Waals surface area (Å²) in [5, 5.41) is 3.01. The molecule has 6 heteroatoms. The summed E-state index contributed by atoms with van der Waals surface area (Å²) in [6.45, 7) is 4.12. The molecule has 0 atom stereocenters. The van der Waals surface area contributed by atoms with Crippen molar-refractivity contribution >= 4 is 16.9 Å². The maximum absolute atomic E-state index is 12.6. The van der Waals surface area contributed by atoms with Crippen LogP contribution in [0.4, 0.5) is 0 Å². The first kappa shape index (κ1) is 15.8. The van der Waals surface area contributed by atoms with Gasteiger partial charge in [-0.15, -0.1) is 0 Å². The van der Waals surface area contributed by atoms with Crippen molar-refractivity contribution in [1.29, 1.82) is 0 Å². The summed E-state index contributed by atoms with van der Waals surface area (Å²) in [7, 11) is 0. The van der Waals surface area contributed by atoms with Gasteiger partial charge in [0.05, 0.1) is 11.0 Å². The molecule has 0 radical (unpaired) electrons. The number of para-hydroxylation sites is 2. The second-order valence-electron chi connectivity index (χ2n) is 5.96. The van der Waals surface area contributed by atoms with Crippen molar-refractivity contribution < 1.29 is 9.53 Å². The van der Waals surface area contributed by atoms with Crippen LogP contribution in [0.3, 0.4) is 0 Å². The molecule has 0 saturated carbocycles. The molecule has 1 amide bonds. The molecule has 6 nitrogen and oxygen atoms in total. The van der Waals surface area contributed by atoms with E-state index in [0.29, 0.717) is 19.8 Å². The van der Waals surface area contributed by atoms with E-state index in [4.69, 9.17) is 4.74 Å². The summed E-state index contributed by atoms with van der Waals surface area (Å²) in [5.41, 5.74) is 1.58. The molecular weight excluding hydrogens is 294 g/mol. The fourth-order valence-electron chi connectivity index (χ4n) is 3.12. The summed E-state index contributed by atoms with van der Waals surface area (Å²) in [6, 6.07) is 7.78. The van der Waals surface area contributed by atoms with Crippen molar-refractivity contribution in [1.82, 2.24) is 14.5 Å².